The summed E-state index contributed by atoms with van der Waals surface area (Å²) in [5.74, 6) is 0.399. The van der Waals surface area contributed by atoms with Crippen LogP contribution in [0.3, 0.4) is 0 Å². The van der Waals surface area contributed by atoms with Crippen LogP contribution in [0.25, 0.3) is 0 Å². The first-order valence-electron chi connectivity index (χ1n) is 8.03. The van der Waals surface area contributed by atoms with Crippen molar-refractivity contribution < 1.29 is 9.72 Å². The van der Waals surface area contributed by atoms with E-state index in [4.69, 9.17) is 0 Å². The van der Waals surface area contributed by atoms with Gasteiger partial charge in [-0.1, -0.05) is 0 Å². The van der Waals surface area contributed by atoms with Gasteiger partial charge in [-0.3, -0.25) is 19.8 Å². The summed E-state index contributed by atoms with van der Waals surface area (Å²) in [4.78, 5) is 32.1. The zero-order valence-electron chi connectivity index (χ0n) is 14.5. The van der Waals surface area contributed by atoms with Crippen LogP contribution >= 0.6 is 11.3 Å². The minimum atomic E-state index is -0.515. The van der Waals surface area contributed by atoms with E-state index in [1.165, 1.54) is 29.5 Å². The maximum Gasteiger partial charge on any atom is 0.270 e. The number of aliphatic imine (C=N–C) groups is 1. The third-order valence-corrected chi connectivity index (χ3v) is 4.82. The fourth-order valence-electron chi connectivity index (χ4n) is 2.60. The van der Waals surface area contributed by atoms with Crippen molar-refractivity contribution in [2.24, 2.45) is 4.99 Å². The third kappa shape index (κ3) is 4.06. The summed E-state index contributed by atoms with van der Waals surface area (Å²) in [5.41, 5.74) is 1.11. The molecular weight excluding hydrogens is 354 g/mol. The molecule has 8 nitrogen and oxygen atoms in total. The molecule has 2 aromatic rings. The predicted molar refractivity (Wildman–Crippen MR) is 103 cm³/mol. The van der Waals surface area contributed by atoms with E-state index in [0.29, 0.717) is 17.9 Å². The van der Waals surface area contributed by atoms with Crippen molar-refractivity contribution in [2.45, 2.75) is 0 Å². The number of benzene rings is 1. The summed E-state index contributed by atoms with van der Waals surface area (Å²) < 4.78 is 0. The number of likely N-dealkylation sites (N-methyl/N-ethyl adjacent to an activating group) is 2. The first-order chi connectivity index (χ1) is 12.4. The number of anilines is 1. The molecule has 9 heteroatoms. The van der Waals surface area contributed by atoms with Gasteiger partial charge in [0.25, 0.3) is 11.6 Å². The molecule has 0 aliphatic carbocycles. The highest BCUT2D eigenvalue weighted by atomic mass is 32.1. The molecule has 0 unspecified atom stereocenters. The SMILES string of the molecule is CN1CCN(C)/C(=N\c2ccc([N+](=O)[O-])cc2C(=O)Nc2ccsc2)C1. The van der Waals surface area contributed by atoms with Crippen LogP contribution in [0.4, 0.5) is 17.1 Å². The Morgan fingerprint density at radius 3 is 2.81 bits per heavy atom. The summed E-state index contributed by atoms with van der Waals surface area (Å²) in [6.07, 6.45) is 0. The molecule has 1 aromatic carbocycles. The van der Waals surface area contributed by atoms with Crippen molar-refractivity contribution >= 4 is 40.1 Å². The molecule has 1 amide bonds. The lowest BCUT2D eigenvalue weighted by atomic mass is 10.1. The number of nitrogens with zero attached hydrogens (tertiary/aromatic N) is 4. The van der Waals surface area contributed by atoms with Crippen LogP contribution in [0, 0.1) is 10.1 Å². The number of nitro benzene ring substituents is 1. The van der Waals surface area contributed by atoms with Crippen molar-refractivity contribution in [3.8, 4) is 0 Å². The number of piperazine rings is 1. The number of nitro groups is 1. The Bertz CT molecular complexity index is 850. The Morgan fingerprint density at radius 2 is 2.12 bits per heavy atom. The summed E-state index contributed by atoms with van der Waals surface area (Å²) in [7, 11) is 3.95. The highest BCUT2D eigenvalue weighted by Gasteiger charge is 2.20. The van der Waals surface area contributed by atoms with E-state index in [0.717, 1.165) is 18.9 Å². The monoisotopic (exact) mass is 373 g/mol. The van der Waals surface area contributed by atoms with Gasteiger partial charge in [0.2, 0.25) is 0 Å². The normalized spacial score (nSPS) is 16.7. The fourth-order valence-corrected chi connectivity index (χ4v) is 3.19. The van der Waals surface area contributed by atoms with Gasteiger partial charge in [-0.15, -0.1) is 0 Å². The van der Waals surface area contributed by atoms with Crippen LogP contribution in [0.5, 0.6) is 0 Å². The lowest BCUT2D eigenvalue weighted by Crippen LogP contribution is -2.46. The second-order valence-corrected chi connectivity index (χ2v) is 6.89. The van der Waals surface area contributed by atoms with Gasteiger partial charge in [0.15, 0.2) is 0 Å². The molecule has 3 rings (SSSR count). The fraction of sp³-hybridized carbons (Fsp3) is 0.294. The molecule has 0 bridgehead atoms. The Morgan fingerprint density at radius 1 is 1.31 bits per heavy atom. The topological polar surface area (TPSA) is 91.1 Å². The van der Waals surface area contributed by atoms with Gasteiger partial charge in [-0.2, -0.15) is 11.3 Å². The molecule has 0 atom stereocenters. The van der Waals surface area contributed by atoms with Gasteiger partial charge in [0.1, 0.15) is 5.84 Å². The lowest BCUT2D eigenvalue weighted by Gasteiger charge is -2.32. The summed E-state index contributed by atoms with van der Waals surface area (Å²) in [5, 5.41) is 17.5. The molecule has 136 valence electrons. The molecule has 1 aliphatic rings. The summed E-state index contributed by atoms with van der Waals surface area (Å²) in [6, 6.07) is 5.94. The highest BCUT2D eigenvalue weighted by Crippen LogP contribution is 2.27. The van der Waals surface area contributed by atoms with E-state index < -0.39 is 10.8 Å². The number of thiophene rings is 1. The predicted octanol–water partition coefficient (Wildman–Crippen LogP) is 2.82. The quantitative estimate of drug-likeness (QED) is 0.657. The molecule has 0 radical (unpaired) electrons. The van der Waals surface area contributed by atoms with E-state index in [1.54, 1.807) is 11.4 Å². The van der Waals surface area contributed by atoms with Gasteiger partial charge in [0, 0.05) is 37.6 Å². The molecule has 26 heavy (non-hydrogen) atoms. The number of rotatable bonds is 4. The van der Waals surface area contributed by atoms with Crippen LogP contribution < -0.4 is 5.32 Å². The largest absolute Gasteiger partial charge is 0.361 e. The number of hydrogen-bond acceptors (Lipinski definition) is 6. The number of nitrogens with one attached hydrogen (secondary N) is 1. The molecule has 0 saturated carbocycles. The molecule has 0 spiro atoms. The zero-order valence-corrected chi connectivity index (χ0v) is 15.3. The van der Waals surface area contributed by atoms with Gasteiger partial charge in [-0.25, -0.2) is 4.99 Å². The van der Waals surface area contributed by atoms with E-state index in [2.05, 4.69) is 15.2 Å². The number of carbonyl (C=O) groups is 1. The van der Waals surface area contributed by atoms with Crippen LogP contribution in [0.15, 0.2) is 40.0 Å². The van der Waals surface area contributed by atoms with Crippen LogP contribution in [0.1, 0.15) is 10.4 Å². The maximum atomic E-state index is 12.7. The van der Waals surface area contributed by atoms with Crippen molar-refractivity contribution in [3.63, 3.8) is 0 Å². The maximum absolute atomic E-state index is 12.7. The zero-order chi connectivity index (χ0) is 18.7. The van der Waals surface area contributed by atoms with Crippen LogP contribution in [-0.2, 0) is 0 Å². The smallest absolute Gasteiger partial charge is 0.270 e. The number of non-ortho nitro benzene ring substituents is 1. The molecule has 1 fully saturated rings. The van der Waals surface area contributed by atoms with Gasteiger partial charge >= 0.3 is 0 Å². The van der Waals surface area contributed by atoms with Gasteiger partial charge in [0.05, 0.1) is 28.4 Å². The molecule has 1 saturated heterocycles. The first-order valence-corrected chi connectivity index (χ1v) is 8.97. The third-order valence-electron chi connectivity index (χ3n) is 4.13. The van der Waals surface area contributed by atoms with Crippen LogP contribution in [-0.4, -0.2) is 60.2 Å². The second-order valence-electron chi connectivity index (χ2n) is 6.11. The second kappa shape index (κ2) is 7.63. The van der Waals surface area contributed by atoms with Crippen molar-refractivity contribution in [1.82, 2.24) is 9.80 Å². The van der Waals surface area contributed by atoms with E-state index in [-0.39, 0.29) is 11.3 Å². The summed E-state index contributed by atoms with van der Waals surface area (Å²) >= 11 is 1.46. The summed E-state index contributed by atoms with van der Waals surface area (Å²) in [6.45, 7) is 2.42. The van der Waals surface area contributed by atoms with Crippen molar-refractivity contribution in [1.29, 1.82) is 0 Å². The van der Waals surface area contributed by atoms with E-state index >= 15 is 0 Å². The molecule has 1 aromatic heterocycles. The Kier molecular flexibility index (Phi) is 5.29. The number of carbonyl (C=O) groups excluding carboxylic acids is 1. The van der Waals surface area contributed by atoms with Crippen molar-refractivity contribution in [3.05, 3.63) is 50.7 Å². The Balaban J connectivity index is 1.98. The minimum absolute atomic E-state index is 0.140. The van der Waals surface area contributed by atoms with Gasteiger partial charge < -0.3 is 10.2 Å². The number of amidine groups is 1. The van der Waals surface area contributed by atoms with Crippen molar-refractivity contribution in [2.75, 3.05) is 39.0 Å². The average Bonchev–Trinajstić information content (AvgIpc) is 3.11. The molecule has 1 N–H and O–H groups in total. The Labute approximate surface area is 154 Å². The van der Waals surface area contributed by atoms with Crippen LogP contribution in [0.2, 0.25) is 0 Å². The number of amides is 1. The number of hydrogen-bond donors (Lipinski definition) is 1. The standard InChI is InChI=1S/C17H19N5O3S/c1-20-6-7-21(2)16(10-20)19-15-4-3-13(22(24)25)9-14(15)17(23)18-12-5-8-26-11-12/h3-5,8-9,11H,6-7,10H2,1-2H3,(H,18,23)/b19-16-. The minimum Gasteiger partial charge on any atom is -0.361 e. The average molecular weight is 373 g/mol. The molecular formula is C17H19N5O3S. The molecule has 2 heterocycles. The first kappa shape index (κ1) is 18.0. The molecule has 1 aliphatic heterocycles. The lowest BCUT2D eigenvalue weighted by molar-refractivity contribution is -0.384. The highest BCUT2D eigenvalue weighted by molar-refractivity contribution is 7.08. The van der Waals surface area contributed by atoms with E-state index in [9.17, 15) is 14.9 Å². The Hall–Kier alpha value is -2.78. The van der Waals surface area contributed by atoms with E-state index in [1.807, 2.05) is 24.4 Å². The van der Waals surface area contributed by atoms with Gasteiger partial charge in [-0.05, 0) is 24.6 Å².